The minimum Gasteiger partial charge on any atom is -0.463 e. The van der Waals surface area contributed by atoms with E-state index in [1.807, 2.05) is 0 Å². The second-order valence-electron chi connectivity index (χ2n) is 5.88. The Hall–Kier alpha value is -3.04. The molecule has 0 aliphatic carbocycles. The summed E-state index contributed by atoms with van der Waals surface area (Å²) in [7, 11) is 0. The Labute approximate surface area is 170 Å². The summed E-state index contributed by atoms with van der Waals surface area (Å²) in [5.41, 5.74) is -1.24. The van der Waals surface area contributed by atoms with Crippen molar-refractivity contribution >= 4 is 40.4 Å². The quantitative estimate of drug-likeness (QED) is 0.452. The SMILES string of the molecule is O=C(Nc1ccc(Cl)c(Cl)c1)c1cc2nc(-c3ccco3)cc(C(F)(F)F)n2n1. The Morgan fingerprint density at radius 1 is 1.10 bits per heavy atom. The van der Waals surface area contributed by atoms with Crippen molar-refractivity contribution in [3.63, 3.8) is 0 Å². The number of nitrogens with one attached hydrogen (secondary N) is 1. The summed E-state index contributed by atoms with van der Waals surface area (Å²) in [5.74, 6) is -0.581. The second kappa shape index (κ2) is 7.09. The summed E-state index contributed by atoms with van der Waals surface area (Å²) in [5, 5.41) is 6.78. The first-order chi connectivity index (χ1) is 13.7. The van der Waals surface area contributed by atoms with Gasteiger partial charge < -0.3 is 9.73 Å². The summed E-state index contributed by atoms with van der Waals surface area (Å²) in [4.78, 5) is 16.6. The molecule has 0 unspecified atom stereocenters. The van der Waals surface area contributed by atoms with Crippen LogP contribution >= 0.6 is 23.2 Å². The number of carbonyl (C=O) groups excluding carboxylic acids is 1. The first-order valence-corrected chi connectivity index (χ1v) is 8.76. The lowest BCUT2D eigenvalue weighted by molar-refractivity contribution is -0.142. The predicted octanol–water partition coefficient (Wildman–Crippen LogP) is 5.57. The highest BCUT2D eigenvalue weighted by Crippen LogP contribution is 2.32. The zero-order valence-electron chi connectivity index (χ0n) is 14.2. The van der Waals surface area contributed by atoms with Gasteiger partial charge in [-0.3, -0.25) is 4.79 Å². The smallest absolute Gasteiger partial charge is 0.433 e. The van der Waals surface area contributed by atoms with Crippen molar-refractivity contribution in [2.24, 2.45) is 0 Å². The van der Waals surface area contributed by atoms with Crippen molar-refractivity contribution in [2.45, 2.75) is 6.18 Å². The van der Waals surface area contributed by atoms with E-state index >= 15 is 0 Å². The van der Waals surface area contributed by atoms with E-state index in [-0.39, 0.29) is 27.8 Å². The minimum atomic E-state index is -4.73. The van der Waals surface area contributed by atoms with Gasteiger partial charge in [-0.05, 0) is 36.4 Å². The number of amides is 1. The highest BCUT2D eigenvalue weighted by molar-refractivity contribution is 6.42. The number of nitrogens with zero attached hydrogens (tertiary/aromatic N) is 3. The minimum absolute atomic E-state index is 0.0360. The van der Waals surface area contributed by atoms with Crippen molar-refractivity contribution in [3.05, 3.63) is 70.2 Å². The van der Waals surface area contributed by atoms with Gasteiger partial charge in [-0.1, -0.05) is 23.2 Å². The van der Waals surface area contributed by atoms with E-state index in [0.717, 1.165) is 12.1 Å². The zero-order valence-corrected chi connectivity index (χ0v) is 15.7. The summed E-state index contributed by atoms with van der Waals surface area (Å²) in [6.07, 6.45) is -3.41. The van der Waals surface area contributed by atoms with Gasteiger partial charge in [0.05, 0.1) is 16.3 Å². The third-order valence-electron chi connectivity index (χ3n) is 3.90. The van der Waals surface area contributed by atoms with Gasteiger partial charge in [0.1, 0.15) is 5.69 Å². The van der Waals surface area contributed by atoms with Crippen LogP contribution in [-0.2, 0) is 6.18 Å². The molecule has 0 saturated carbocycles. The number of carbonyl (C=O) groups is 1. The molecule has 1 N–H and O–H groups in total. The monoisotopic (exact) mass is 440 g/mol. The standard InChI is InChI=1S/C18H9Cl2F3N4O2/c19-10-4-3-9(6-11(10)20)24-17(28)13-8-16-25-12(14-2-1-5-29-14)7-15(18(21,22)23)27(16)26-13/h1-8H,(H,24,28). The van der Waals surface area contributed by atoms with Crippen molar-refractivity contribution < 1.29 is 22.4 Å². The van der Waals surface area contributed by atoms with Crippen LogP contribution in [0.2, 0.25) is 10.0 Å². The molecule has 1 amide bonds. The van der Waals surface area contributed by atoms with Crippen LogP contribution in [0, 0.1) is 0 Å². The number of anilines is 1. The van der Waals surface area contributed by atoms with Gasteiger partial charge in [0, 0.05) is 11.8 Å². The van der Waals surface area contributed by atoms with Gasteiger partial charge in [-0.2, -0.15) is 18.3 Å². The van der Waals surface area contributed by atoms with Crippen LogP contribution in [0.3, 0.4) is 0 Å². The van der Waals surface area contributed by atoms with E-state index < -0.39 is 17.8 Å². The molecular formula is C18H9Cl2F3N4O2. The molecule has 0 saturated heterocycles. The Bertz CT molecular complexity index is 1220. The molecule has 4 rings (SSSR count). The largest absolute Gasteiger partial charge is 0.463 e. The fraction of sp³-hybridized carbons (Fsp3) is 0.0556. The lowest BCUT2D eigenvalue weighted by atomic mass is 10.2. The first-order valence-electron chi connectivity index (χ1n) is 8.00. The number of hydrogen-bond donors (Lipinski definition) is 1. The van der Waals surface area contributed by atoms with Gasteiger partial charge in [0.15, 0.2) is 22.8 Å². The predicted molar refractivity (Wildman–Crippen MR) is 100 cm³/mol. The molecule has 0 atom stereocenters. The van der Waals surface area contributed by atoms with E-state index in [9.17, 15) is 18.0 Å². The van der Waals surface area contributed by atoms with E-state index in [4.69, 9.17) is 27.6 Å². The Kier molecular flexibility index (Phi) is 4.71. The van der Waals surface area contributed by atoms with Crippen molar-refractivity contribution in [1.29, 1.82) is 0 Å². The molecule has 0 radical (unpaired) electrons. The van der Waals surface area contributed by atoms with Crippen molar-refractivity contribution in [3.8, 4) is 11.5 Å². The Morgan fingerprint density at radius 3 is 2.55 bits per heavy atom. The van der Waals surface area contributed by atoms with Crippen LogP contribution in [0.15, 0.2) is 53.1 Å². The van der Waals surface area contributed by atoms with Crippen molar-refractivity contribution in [1.82, 2.24) is 14.6 Å². The molecule has 1 aromatic carbocycles. The summed E-state index contributed by atoms with van der Waals surface area (Å²) in [6.45, 7) is 0. The molecule has 11 heteroatoms. The van der Waals surface area contributed by atoms with Gasteiger partial charge in [0.2, 0.25) is 0 Å². The molecule has 29 heavy (non-hydrogen) atoms. The average molecular weight is 441 g/mol. The van der Waals surface area contributed by atoms with E-state index in [0.29, 0.717) is 15.2 Å². The molecule has 4 aromatic rings. The van der Waals surface area contributed by atoms with Crippen molar-refractivity contribution in [2.75, 3.05) is 5.32 Å². The number of alkyl halides is 3. The first kappa shape index (κ1) is 19.3. The summed E-state index contributed by atoms with van der Waals surface area (Å²) in [6, 6.07) is 9.34. The van der Waals surface area contributed by atoms with Gasteiger partial charge >= 0.3 is 6.18 Å². The number of rotatable bonds is 3. The van der Waals surface area contributed by atoms with E-state index in [1.54, 1.807) is 0 Å². The molecule has 3 aromatic heterocycles. The molecule has 0 bridgehead atoms. The number of furan rings is 1. The third-order valence-corrected chi connectivity index (χ3v) is 4.64. The second-order valence-corrected chi connectivity index (χ2v) is 6.70. The van der Waals surface area contributed by atoms with Gasteiger partial charge in [0.25, 0.3) is 5.91 Å². The zero-order chi connectivity index (χ0) is 20.8. The lowest BCUT2D eigenvalue weighted by Gasteiger charge is -2.09. The Balaban J connectivity index is 1.76. The molecule has 0 aliphatic heterocycles. The topological polar surface area (TPSA) is 72.4 Å². The number of fused-ring (bicyclic) bond motifs is 1. The van der Waals surface area contributed by atoms with Crippen LogP contribution in [0.4, 0.5) is 18.9 Å². The number of aromatic nitrogens is 3. The maximum absolute atomic E-state index is 13.5. The number of benzene rings is 1. The fourth-order valence-corrected chi connectivity index (χ4v) is 2.91. The summed E-state index contributed by atoms with van der Waals surface area (Å²) >= 11 is 11.7. The fourth-order valence-electron chi connectivity index (χ4n) is 2.61. The van der Waals surface area contributed by atoms with Crippen LogP contribution in [0.25, 0.3) is 17.1 Å². The molecule has 3 heterocycles. The normalized spacial score (nSPS) is 11.8. The van der Waals surface area contributed by atoms with Crippen LogP contribution < -0.4 is 5.32 Å². The van der Waals surface area contributed by atoms with E-state index in [2.05, 4.69) is 15.4 Å². The maximum Gasteiger partial charge on any atom is 0.433 e. The molecule has 0 spiro atoms. The third kappa shape index (κ3) is 3.79. The number of hydrogen-bond acceptors (Lipinski definition) is 4. The summed E-state index contributed by atoms with van der Waals surface area (Å²) < 4.78 is 46.3. The van der Waals surface area contributed by atoms with Crippen LogP contribution in [0.5, 0.6) is 0 Å². The van der Waals surface area contributed by atoms with Crippen LogP contribution in [-0.4, -0.2) is 20.5 Å². The highest BCUT2D eigenvalue weighted by Gasteiger charge is 2.36. The van der Waals surface area contributed by atoms with Crippen LogP contribution in [0.1, 0.15) is 16.2 Å². The molecule has 0 aliphatic rings. The van der Waals surface area contributed by atoms with Gasteiger partial charge in [-0.25, -0.2) is 9.50 Å². The average Bonchev–Trinajstić information content (AvgIpc) is 3.32. The lowest BCUT2D eigenvalue weighted by Crippen LogP contribution is -2.15. The Morgan fingerprint density at radius 2 is 1.90 bits per heavy atom. The van der Waals surface area contributed by atoms with E-state index in [1.165, 1.54) is 36.6 Å². The maximum atomic E-state index is 13.5. The molecule has 6 nitrogen and oxygen atoms in total. The molecule has 0 fully saturated rings. The molecular weight excluding hydrogens is 432 g/mol. The number of halogens is 5. The molecule has 148 valence electrons. The van der Waals surface area contributed by atoms with Gasteiger partial charge in [-0.15, -0.1) is 0 Å². The highest BCUT2D eigenvalue weighted by atomic mass is 35.5.